The van der Waals surface area contributed by atoms with Crippen LogP contribution in [0.15, 0.2) is 0 Å². The van der Waals surface area contributed by atoms with Gasteiger partial charge in [0.15, 0.2) is 0 Å². The van der Waals surface area contributed by atoms with Gasteiger partial charge in [-0.1, -0.05) is 0 Å². The summed E-state index contributed by atoms with van der Waals surface area (Å²) in [6.07, 6.45) is 4.73. The maximum atomic E-state index is 5.34. The van der Waals surface area contributed by atoms with Gasteiger partial charge in [-0.15, -0.1) is 0 Å². The van der Waals surface area contributed by atoms with Gasteiger partial charge < -0.3 is 14.5 Å². The number of aromatic nitrogens is 3. The molecule has 0 N–H and O–H groups in total. The second-order valence-corrected chi connectivity index (χ2v) is 6.79. The highest BCUT2D eigenvalue weighted by Gasteiger charge is 2.33. The molecule has 6 nitrogen and oxygen atoms in total. The summed E-state index contributed by atoms with van der Waals surface area (Å²) in [5, 5.41) is 0. The lowest BCUT2D eigenvalue weighted by atomic mass is 10.2. The highest BCUT2D eigenvalue weighted by molar-refractivity contribution is 5.44. The minimum Gasteiger partial charge on any atom is -0.467 e. The molecule has 2 saturated heterocycles. The van der Waals surface area contributed by atoms with Crippen LogP contribution in [0.4, 0.5) is 11.9 Å². The van der Waals surface area contributed by atoms with Gasteiger partial charge in [-0.25, -0.2) is 0 Å². The van der Waals surface area contributed by atoms with Crippen molar-refractivity contribution in [3.05, 3.63) is 0 Å². The van der Waals surface area contributed by atoms with E-state index in [0.717, 1.165) is 11.9 Å². The first kappa shape index (κ1) is 15.3. The topological polar surface area (TPSA) is 54.4 Å². The number of nitrogens with zero attached hydrogens (tertiary/aromatic N) is 5. The van der Waals surface area contributed by atoms with Crippen LogP contribution in [-0.4, -0.2) is 46.2 Å². The molecule has 22 heavy (non-hydrogen) atoms. The number of rotatable bonds is 3. The molecule has 3 rings (SSSR count). The quantitative estimate of drug-likeness (QED) is 0.855. The van der Waals surface area contributed by atoms with E-state index >= 15 is 0 Å². The van der Waals surface area contributed by atoms with Crippen molar-refractivity contribution in [2.24, 2.45) is 0 Å². The average molecular weight is 305 g/mol. The molecule has 0 radical (unpaired) electrons. The monoisotopic (exact) mass is 305 g/mol. The zero-order chi connectivity index (χ0) is 15.9. The van der Waals surface area contributed by atoms with Crippen LogP contribution < -0.4 is 14.5 Å². The standard InChI is InChI=1S/C16H27N5O/c1-10-6-7-11(2)20(10)14-17-15(19-16(18-14)22-5)21-12(3)8-9-13(21)4/h10-13H,6-9H2,1-5H3. The SMILES string of the molecule is COc1nc(N2C(C)CCC2C)nc(N2C(C)CCC2C)n1. The summed E-state index contributed by atoms with van der Waals surface area (Å²) >= 11 is 0. The van der Waals surface area contributed by atoms with Gasteiger partial charge in [0.1, 0.15) is 0 Å². The maximum Gasteiger partial charge on any atom is 0.322 e. The van der Waals surface area contributed by atoms with E-state index in [1.54, 1.807) is 7.11 Å². The lowest BCUT2D eigenvalue weighted by Gasteiger charge is -2.30. The molecule has 0 aromatic carbocycles. The number of anilines is 2. The lowest BCUT2D eigenvalue weighted by molar-refractivity contribution is 0.376. The molecule has 0 spiro atoms. The molecule has 0 saturated carbocycles. The van der Waals surface area contributed by atoms with Gasteiger partial charge in [-0.05, 0) is 53.4 Å². The van der Waals surface area contributed by atoms with Crippen LogP contribution in [0.25, 0.3) is 0 Å². The van der Waals surface area contributed by atoms with Crippen LogP contribution in [0, 0.1) is 0 Å². The largest absolute Gasteiger partial charge is 0.467 e. The zero-order valence-electron chi connectivity index (χ0n) is 14.3. The minimum atomic E-state index is 0.414. The minimum absolute atomic E-state index is 0.414. The highest BCUT2D eigenvalue weighted by Crippen LogP contribution is 2.32. The average Bonchev–Trinajstić information content (AvgIpc) is 3.00. The predicted octanol–water partition coefficient (Wildman–Crippen LogP) is 2.63. The Morgan fingerprint density at radius 2 is 1.09 bits per heavy atom. The Hall–Kier alpha value is -1.59. The van der Waals surface area contributed by atoms with Gasteiger partial charge in [0, 0.05) is 24.2 Å². The van der Waals surface area contributed by atoms with E-state index in [9.17, 15) is 0 Å². The molecule has 2 aliphatic rings. The van der Waals surface area contributed by atoms with Crippen molar-refractivity contribution in [3.63, 3.8) is 0 Å². The van der Waals surface area contributed by atoms with Crippen LogP contribution in [0.5, 0.6) is 6.01 Å². The second-order valence-electron chi connectivity index (χ2n) is 6.79. The maximum absolute atomic E-state index is 5.34. The third-order valence-electron chi connectivity index (χ3n) is 5.14. The van der Waals surface area contributed by atoms with Gasteiger partial charge in [0.05, 0.1) is 7.11 Å². The third-order valence-corrected chi connectivity index (χ3v) is 5.14. The highest BCUT2D eigenvalue weighted by atomic mass is 16.5. The van der Waals surface area contributed by atoms with E-state index in [1.165, 1.54) is 25.7 Å². The van der Waals surface area contributed by atoms with Crippen LogP contribution >= 0.6 is 0 Å². The van der Waals surface area contributed by atoms with Gasteiger partial charge in [-0.2, -0.15) is 15.0 Å². The first-order chi connectivity index (χ1) is 10.5. The first-order valence-electron chi connectivity index (χ1n) is 8.38. The Balaban J connectivity index is 1.99. The van der Waals surface area contributed by atoms with Crippen molar-refractivity contribution in [2.75, 3.05) is 16.9 Å². The normalized spacial score (nSPS) is 31.9. The van der Waals surface area contributed by atoms with Crippen LogP contribution in [0.1, 0.15) is 53.4 Å². The van der Waals surface area contributed by atoms with E-state index in [4.69, 9.17) is 9.72 Å². The molecule has 4 atom stereocenters. The zero-order valence-corrected chi connectivity index (χ0v) is 14.3. The van der Waals surface area contributed by atoms with E-state index < -0.39 is 0 Å². The molecule has 4 unspecified atom stereocenters. The molecule has 3 heterocycles. The molecular formula is C16H27N5O. The molecule has 0 amide bonds. The van der Waals surface area contributed by atoms with E-state index in [0.29, 0.717) is 30.2 Å². The van der Waals surface area contributed by atoms with Crippen molar-refractivity contribution >= 4 is 11.9 Å². The fraction of sp³-hybridized carbons (Fsp3) is 0.812. The summed E-state index contributed by atoms with van der Waals surface area (Å²) < 4.78 is 5.34. The Bertz CT molecular complexity index is 475. The summed E-state index contributed by atoms with van der Waals surface area (Å²) in [6, 6.07) is 2.26. The lowest BCUT2D eigenvalue weighted by Crippen LogP contribution is -2.37. The number of methoxy groups -OCH3 is 1. The second kappa shape index (κ2) is 5.89. The number of hydrogen-bond acceptors (Lipinski definition) is 6. The smallest absolute Gasteiger partial charge is 0.322 e. The molecule has 1 aromatic rings. The molecule has 6 heteroatoms. The Morgan fingerprint density at radius 3 is 1.41 bits per heavy atom. The molecule has 0 bridgehead atoms. The summed E-state index contributed by atoms with van der Waals surface area (Å²) in [7, 11) is 1.62. The van der Waals surface area contributed by atoms with Crippen molar-refractivity contribution < 1.29 is 4.74 Å². The van der Waals surface area contributed by atoms with E-state index in [1.807, 2.05) is 0 Å². The summed E-state index contributed by atoms with van der Waals surface area (Å²) in [6.45, 7) is 8.95. The van der Waals surface area contributed by atoms with Crippen molar-refractivity contribution in [3.8, 4) is 6.01 Å². The van der Waals surface area contributed by atoms with Crippen LogP contribution in [0.2, 0.25) is 0 Å². The molecule has 1 aromatic heterocycles. The molecule has 2 aliphatic heterocycles. The van der Waals surface area contributed by atoms with Crippen LogP contribution in [0.3, 0.4) is 0 Å². The Kier molecular flexibility index (Phi) is 4.10. The van der Waals surface area contributed by atoms with Crippen molar-refractivity contribution in [1.82, 2.24) is 15.0 Å². The van der Waals surface area contributed by atoms with Crippen LogP contribution in [-0.2, 0) is 0 Å². The Morgan fingerprint density at radius 1 is 0.727 bits per heavy atom. The molecule has 122 valence electrons. The van der Waals surface area contributed by atoms with Crippen molar-refractivity contribution in [2.45, 2.75) is 77.5 Å². The number of ether oxygens (including phenoxy) is 1. The summed E-state index contributed by atoms with van der Waals surface area (Å²) in [5.41, 5.74) is 0. The van der Waals surface area contributed by atoms with E-state index in [2.05, 4.69) is 47.5 Å². The predicted molar refractivity (Wildman–Crippen MR) is 87.7 cm³/mol. The van der Waals surface area contributed by atoms with Gasteiger partial charge in [0.2, 0.25) is 11.9 Å². The molecule has 0 aliphatic carbocycles. The van der Waals surface area contributed by atoms with Gasteiger partial charge in [-0.3, -0.25) is 0 Å². The summed E-state index contributed by atoms with van der Waals surface area (Å²) in [4.78, 5) is 18.4. The third kappa shape index (κ3) is 2.59. The fourth-order valence-corrected chi connectivity index (χ4v) is 3.84. The number of hydrogen-bond donors (Lipinski definition) is 0. The molecule has 2 fully saturated rings. The molecular weight excluding hydrogens is 278 g/mol. The van der Waals surface area contributed by atoms with Gasteiger partial charge >= 0.3 is 6.01 Å². The first-order valence-corrected chi connectivity index (χ1v) is 8.38. The van der Waals surface area contributed by atoms with Gasteiger partial charge in [0.25, 0.3) is 0 Å². The van der Waals surface area contributed by atoms with Crippen molar-refractivity contribution in [1.29, 1.82) is 0 Å². The summed E-state index contributed by atoms with van der Waals surface area (Å²) in [5.74, 6) is 1.51. The van der Waals surface area contributed by atoms with E-state index in [-0.39, 0.29) is 0 Å². The fourth-order valence-electron chi connectivity index (χ4n) is 3.84. The Labute approximate surface area is 132 Å².